The third kappa shape index (κ3) is 8.56. The number of nitrogens with one attached hydrogen (secondary N) is 3. The maximum atomic E-state index is 11.6. The average molecular weight is 354 g/mol. The highest BCUT2D eigenvalue weighted by Crippen LogP contribution is 2.16. The van der Waals surface area contributed by atoms with Crippen molar-refractivity contribution in [1.29, 1.82) is 0 Å². The van der Waals surface area contributed by atoms with E-state index in [9.17, 15) is 4.79 Å². The fraction of sp³-hybridized carbons (Fsp3) is 0.895. The number of aliphatic imine (C=N–C) groups is 1. The van der Waals surface area contributed by atoms with Crippen LogP contribution in [0.1, 0.15) is 53.4 Å². The highest BCUT2D eigenvalue weighted by Gasteiger charge is 2.22. The van der Waals surface area contributed by atoms with E-state index in [0.29, 0.717) is 25.0 Å². The minimum absolute atomic E-state index is 0.0258. The zero-order chi connectivity index (χ0) is 18.7. The fourth-order valence-corrected chi connectivity index (χ4v) is 3.21. The van der Waals surface area contributed by atoms with Crippen LogP contribution in [0.2, 0.25) is 0 Å². The summed E-state index contributed by atoms with van der Waals surface area (Å²) in [5.74, 6) is 1.52. The lowest BCUT2D eigenvalue weighted by Gasteiger charge is -2.34. The summed E-state index contributed by atoms with van der Waals surface area (Å²) in [5.41, 5.74) is 0. The molecule has 1 aliphatic rings. The normalized spacial score (nSPS) is 18.1. The smallest absolute Gasteiger partial charge is 0.222 e. The Morgan fingerprint density at radius 3 is 2.08 bits per heavy atom. The number of guanidine groups is 1. The molecule has 6 nitrogen and oxygen atoms in total. The highest BCUT2D eigenvalue weighted by molar-refractivity contribution is 5.80. The van der Waals surface area contributed by atoms with E-state index >= 15 is 0 Å². The Hall–Kier alpha value is -1.30. The Balaban J connectivity index is 2.38. The number of hydrogen-bond donors (Lipinski definition) is 3. The summed E-state index contributed by atoms with van der Waals surface area (Å²) in [6, 6.07) is 0.525. The predicted molar refractivity (Wildman–Crippen MR) is 106 cm³/mol. The molecule has 1 unspecified atom stereocenters. The van der Waals surface area contributed by atoms with E-state index in [0.717, 1.165) is 12.5 Å². The van der Waals surface area contributed by atoms with E-state index in [4.69, 9.17) is 0 Å². The molecule has 3 N–H and O–H groups in total. The van der Waals surface area contributed by atoms with Gasteiger partial charge in [-0.25, -0.2) is 0 Å². The molecule has 1 rings (SSSR count). The number of carbonyl (C=O) groups is 1. The van der Waals surface area contributed by atoms with E-state index in [1.54, 1.807) is 7.05 Å². The van der Waals surface area contributed by atoms with Gasteiger partial charge in [0.1, 0.15) is 0 Å². The molecular formula is C19H39N5O. The van der Waals surface area contributed by atoms with Crippen LogP contribution in [0.3, 0.4) is 0 Å². The van der Waals surface area contributed by atoms with Gasteiger partial charge in [-0.2, -0.15) is 0 Å². The number of carbonyl (C=O) groups excluding carboxylic acids is 1. The molecule has 1 atom stereocenters. The van der Waals surface area contributed by atoms with Gasteiger partial charge in [-0.15, -0.1) is 0 Å². The lowest BCUT2D eigenvalue weighted by Crippen LogP contribution is -2.50. The molecule has 0 saturated carbocycles. The van der Waals surface area contributed by atoms with Gasteiger partial charge in [0.25, 0.3) is 0 Å². The molecule has 0 radical (unpaired) electrons. The van der Waals surface area contributed by atoms with Gasteiger partial charge in [0.05, 0.1) is 0 Å². The topological polar surface area (TPSA) is 68.8 Å². The van der Waals surface area contributed by atoms with Crippen molar-refractivity contribution in [2.45, 2.75) is 59.4 Å². The molecule has 1 saturated heterocycles. The molecular weight excluding hydrogens is 314 g/mol. The van der Waals surface area contributed by atoms with E-state index in [-0.39, 0.29) is 11.8 Å². The second kappa shape index (κ2) is 12.1. The van der Waals surface area contributed by atoms with Crippen molar-refractivity contribution in [3.8, 4) is 0 Å². The van der Waals surface area contributed by atoms with Crippen LogP contribution in [0.5, 0.6) is 0 Å². The first-order valence-corrected chi connectivity index (χ1v) is 9.92. The van der Waals surface area contributed by atoms with Gasteiger partial charge in [0.15, 0.2) is 5.96 Å². The van der Waals surface area contributed by atoms with Crippen molar-refractivity contribution < 1.29 is 4.79 Å². The van der Waals surface area contributed by atoms with Gasteiger partial charge >= 0.3 is 0 Å². The molecule has 1 amide bonds. The first-order chi connectivity index (χ1) is 12.0. The summed E-state index contributed by atoms with van der Waals surface area (Å²) in [6.07, 6.45) is 5.34. The molecule has 0 bridgehead atoms. The molecule has 0 aromatic carbocycles. The van der Waals surface area contributed by atoms with Crippen molar-refractivity contribution in [3.63, 3.8) is 0 Å². The number of amides is 1. The van der Waals surface area contributed by atoms with Crippen LogP contribution in [0.15, 0.2) is 4.99 Å². The molecule has 1 heterocycles. The van der Waals surface area contributed by atoms with Crippen LogP contribution in [-0.2, 0) is 4.79 Å². The van der Waals surface area contributed by atoms with E-state index in [1.807, 2.05) is 13.8 Å². The SMILES string of the molecule is CN=C(NCCNC(=O)C(C)C)NCC(C(C)C)N1CCCCCC1. The Morgan fingerprint density at radius 2 is 1.56 bits per heavy atom. The quantitative estimate of drug-likeness (QED) is 0.354. The van der Waals surface area contributed by atoms with Crippen LogP contribution in [0.4, 0.5) is 0 Å². The summed E-state index contributed by atoms with van der Waals surface area (Å²) in [7, 11) is 1.79. The second-order valence-corrected chi connectivity index (χ2v) is 7.59. The Morgan fingerprint density at radius 1 is 0.960 bits per heavy atom. The molecule has 146 valence electrons. The molecule has 1 aliphatic heterocycles. The summed E-state index contributed by atoms with van der Waals surface area (Å²) in [6.45, 7) is 13.0. The van der Waals surface area contributed by atoms with E-state index in [2.05, 4.69) is 39.7 Å². The maximum absolute atomic E-state index is 11.6. The minimum Gasteiger partial charge on any atom is -0.355 e. The van der Waals surface area contributed by atoms with E-state index < -0.39 is 0 Å². The first-order valence-electron chi connectivity index (χ1n) is 9.92. The predicted octanol–water partition coefficient (Wildman–Crippen LogP) is 1.82. The number of likely N-dealkylation sites (tertiary alicyclic amines) is 1. The standard InChI is InChI=1S/C19H39N5O/c1-15(2)17(24-12-8-6-7-9-13-24)14-23-19(20-5)22-11-10-21-18(25)16(3)4/h15-17H,6-14H2,1-5H3,(H,21,25)(H2,20,22,23). The third-order valence-electron chi connectivity index (χ3n) is 4.82. The summed E-state index contributed by atoms with van der Waals surface area (Å²) >= 11 is 0. The lowest BCUT2D eigenvalue weighted by molar-refractivity contribution is -0.123. The van der Waals surface area contributed by atoms with Crippen LogP contribution in [0, 0.1) is 11.8 Å². The molecule has 1 fully saturated rings. The largest absolute Gasteiger partial charge is 0.355 e. The van der Waals surface area contributed by atoms with Gasteiger partial charge in [-0.1, -0.05) is 40.5 Å². The first kappa shape index (κ1) is 21.7. The monoisotopic (exact) mass is 353 g/mol. The van der Waals surface area contributed by atoms with Crippen LogP contribution >= 0.6 is 0 Å². The molecule has 0 aromatic rings. The Bertz CT molecular complexity index is 401. The average Bonchev–Trinajstić information content (AvgIpc) is 2.85. The highest BCUT2D eigenvalue weighted by atomic mass is 16.1. The van der Waals surface area contributed by atoms with Crippen molar-refractivity contribution in [3.05, 3.63) is 0 Å². The van der Waals surface area contributed by atoms with Crippen molar-refractivity contribution in [1.82, 2.24) is 20.9 Å². The molecule has 0 spiro atoms. The van der Waals surface area contributed by atoms with Crippen molar-refractivity contribution in [2.24, 2.45) is 16.8 Å². The Kier molecular flexibility index (Phi) is 10.5. The van der Waals surface area contributed by atoms with Crippen molar-refractivity contribution in [2.75, 3.05) is 39.8 Å². The van der Waals surface area contributed by atoms with E-state index in [1.165, 1.54) is 38.8 Å². The zero-order valence-electron chi connectivity index (χ0n) is 16.9. The Labute approximate surface area is 154 Å². The molecule has 0 aromatic heterocycles. The number of rotatable bonds is 8. The van der Waals surface area contributed by atoms with Crippen LogP contribution in [0.25, 0.3) is 0 Å². The van der Waals surface area contributed by atoms with Crippen LogP contribution in [-0.4, -0.2) is 62.6 Å². The second-order valence-electron chi connectivity index (χ2n) is 7.59. The molecule has 0 aliphatic carbocycles. The van der Waals surface area contributed by atoms with Crippen molar-refractivity contribution >= 4 is 11.9 Å². The number of nitrogens with zero attached hydrogens (tertiary/aromatic N) is 2. The van der Waals surface area contributed by atoms with Gasteiger partial charge in [0, 0.05) is 38.6 Å². The fourth-order valence-electron chi connectivity index (χ4n) is 3.21. The minimum atomic E-state index is 0.0258. The maximum Gasteiger partial charge on any atom is 0.222 e. The summed E-state index contributed by atoms with van der Waals surface area (Å²) < 4.78 is 0. The molecule has 6 heteroatoms. The van der Waals surface area contributed by atoms with Gasteiger partial charge < -0.3 is 16.0 Å². The summed E-state index contributed by atoms with van der Waals surface area (Å²) in [4.78, 5) is 18.5. The third-order valence-corrected chi connectivity index (χ3v) is 4.82. The number of hydrogen-bond acceptors (Lipinski definition) is 3. The van der Waals surface area contributed by atoms with Crippen LogP contribution < -0.4 is 16.0 Å². The van der Waals surface area contributed by atoms with Gasteiger partial charge in [-0.05, 0) is 31.8 Å². The van der Waals surface area contributed by atoms with Gasteiger partial charge in [-0.3, -0.25) is 14.7 Å². The molecule has 25 heavy (non-hydrogen) atoms. The summed E-state index contributed by atoms with van der Waals surface area (Å²) in [5, 5.41) is 9.65. The lowest BCUT2D eigenvalue weighted by atomic mass is 10.0. The zero-order valence-corrected chi connectivity index (χ0v) is 16.9. The van der Waals surface area contributed by atoms with Gasteiger partial charge in [0.2, 0.25) is 5.91 Å².